The SMILES string of the molecule is CCC(C)=O.CO.O. The van der Waals surface area contributed by atoms with Crippen LogP contribution < -0.4 is 0 Å². The molecule has 0 aromatic heterocycles. The van der Waals surface area contributed by atoms with Crippen LogP contribution in [0.1, 0.15) is 20.3 Å². The largest absolute Gasteiger partial charge is 0.412 e. The maximum atomic E-state index is 9.81. The highest BCUT2D eigenvalue weighted by Gasteiger charge is 1.76. The van der Waals surface area contributed by atoms with Crippen molar-refractivity contribution >= 4 is 5.78 Å². The zero-order valence-corrected chi connectivity index (χ0v) is 5.56. The summed E-state index contributed by atoms with van der Waals surface area (Å²) in [5.41, 5.74) is 0. The first-order valence-corrected chi connectivity index (χ1v) is 2.21. The summed E-state index contributed by atoms with van der Waals surface area (Å²) in [6, 6.07) is 0. The minimum absolute atomic E-state index is 0. The first-order valence-electron chi connectivity index (χ1n) is 2.21. The van der Waals surface area contributed by atoms with Crippen molar-refractivity contribution in [3.05, 3.63) is 0 Å². The first kappa shape index (κ1) is 15.6. The number of hydrogen-bond acceptors (Lipinski definition) is 2. The summed E-state index contributed by atoms with van der Waals surface area (Å²) in [6.45, 7) is 3.43. The lowest BCUT2D eigenvalue weighted by Crippen LogP contribution is -1.80. The van der Waals surface area contributed by atoms with Crippen LogP contribution in [0.5, 0.6) is 0 Å². The minimum Gasteiger partial charge on any atom is -0.412 e. The number of hydrogen-bond donors (Lipinski definition) is 1. The van der Waals surface area contributed by atoms with Crippen LogP contribution in [0.2, 0.25) is 0 Å². The van der Waals surface area contributed by atoms with E-state index in [2.05, 4.69) is 0 Å². The Hall–Kier alpha value is -0.410. The molecule has 0 bridgehead atoms. The quantitative estimate of drug-likeness (QED) is 0.522. The third kappa shape index (κ3) is 46.6. The van der Waals surface area contributed by atoms with E-state index in [0.717, 1.165) is 7.11 Å². The third-order valence-electron chi connectivity index (χ3n) is 0.498. The Labute approximate surface area is 49.6 Å². The molecule has 0 aliphatic carbocycles. The van der Waals surface area contributed by atoms with Crippen molar-refractivity contribution in [2.24, 2.45) is 0 Å². The number of aliphatic hydroxyl groups is 1. The van der Waals surface area contributed by atoms with Crippen molar-refractivity contribution in [3.8, 4) is 0 Å². The third-order valence-corrected chi connectivity index (χ3v) is 0.498. The second-order valence-corrected chi connectivity index (χ2v) is 1.06. The Morgan fingerprint density at radius 3 is 1.62 bits per heavy atom. The standard InChI is InChI=1S/C4H8O.CH4O.H2O/c1-3-4(2)5;1-2;/h3H2,1-2H3;2H,1H3;1H2. The van der Waals surface area contributed by atoms with Crippen LogP contribution in [0, 0.1) is 0 Å². The fourth-order valence-corrected chi connectivity index (χ4v) is 0. The highest BCUT2D eigenvalue weighted by atomic mass is 16.2. The molecule has 0 radical (unpaired) electrons. The van der Waals surface area contributed by atoms with Crippen molar-refractivity contribution in [2.45, 2.75) is 20.3 Å². The van der Waals surface area contributed by atoms with E-state index in [-0.39, 0.29) is 11.3 Å². The summed E-state index contributed by atoms with van der Waals surface area (Å²) in [4.78, 5) is 9.81. The van der Waals surface area contributed by atoms with E-state index < -0.39 is 0 Å². The molecule has 3 heteroatoms. The molecule has 8 heavy (non-hydrogen) atoms. The summed E-state index contributed by atoms with van der Waals surface area (Å²) in [7, 11) is 1.00. The predicted octanol–water partition coefficient (Wildman–Crippen LogP) is -0.231. The van der Waals surface area contributed by atoms with Gasteiger partial charge in [-0.3, -0.25) is 0 Å². The second-order valence-electron chi connectivity index (χ2n) is 1.06. The smallest absolute Gasteiger partial charge is 0.129 e. The molecule has 52 valence electrons. The fourth-order valence-electron chi connectivity index (χ4n) is 0. The molecule has 0 aliphatic rings. The molecular formula is C5H14O3. The van der Waals surface area contributed by atoms with Gasteiger partial charge < -0.3 is 15.4 Å². The van der Waals surface area contributed by atoms with Gasteiger partial charge in [-0.15, -0.1) is 0 Å². The summed E-state index contributed by atoms with van der Waals surface area (Å²) < 4.78 is 0. The molecule has 0 amide bonds. The Morgan fingerprint density at radius 1 is 1.50 bits per heavy atom. The minimum atomic E-state index is 0. The van der Waals surface area contributed by atoms with Crippen molar-refractivity contribution in [3.63, 3.8) is 0 Å². The Kier molecular flexibility index (Phi) is 31.2. The molecule has 3 nitrogen and oxygen atoms in total. The van der Waals surface area contributed by atoms with Gasteiger partial charge in [0.15, 0.2) is 0 Å². The molecule has 0 spiro atoms. The molecule has 0 fully saturated rings. The zero-order valence-electron chi connectivity index (χ0n) is 5.56. The lowest BCUT2D eigenvalue weighted by molar-refractivity contribution is -0.116. The van der Waals surface area contributed by atoms with E-state index in [4.69, 9.17) is 5.11 Å². The van der Waals surface area contributed by atoms with E-state index in [9.17, 15) is 4.79 Å². The van der Waals surface area contributed by atoms with Crippen LogP contribution in [0.4, 0.5) is 0 Å². The van der Waals surface area contributed by atoms with Gasteiger partial charge in [-0.25, -0.2) is 0 Å². The average molecular weight is 122 g/mol. The molecule has 0 aliphatic heterocycles. The molecule has 0 aromatic rings. The number of aliphatic hydroxyl groups excluding tert-OH is 1. The van der Waals surface area contributed by atoms with Gasteiger partial charge in [-0.05, 0) is 6.92 Å². The van der Waals surface area contributed by atoms with E-state index >= 15 is 0 Å². The maximum absolute atomic E-state index is 9.81. The van der Waals surface area contributed by atoms with E-state index in [1.807, 2.05) is 6.92 Å². The molecule has 0 rings (SSSR count). The van der Waals surface area contributed by atoms with Gasteiger partial charge in [0, 0.05) is 13.5 Å². The van der Waals surface area contributed by atoms with Crippen LogP contribution in [-0.4, -0.2) is 23.5 Å². The molecule has 0 aromatic carbocycles. The van der Waals surface area contributed by atoms with Gasteiger partial charge >= 0.3 is 0 Å². The van der Waals surface area contributed by atoms with Crippen LogP contribution in [0.15, 0.2) is 0 Å². The highest BCUT2D eigenvalue weighted by molar-refractivity contribution is 5.74. The van der Waals surface area contributed by atoms with Gasteiger partial charge in [0.2, 0.25) is 0 Å². The van der Waals surface area contributed by atoms with Gasteiger partial charge in [0.05, 0.1) is 0 Å². The monoisotopic (exact) mass is 122 g/mol. The van der Waals surface area contributed by atoms with E-state index in [1.165, 1.54) is 0 Å². The molecule has 0 saturated carbocycles. The van der Waals surface area contributed by atoms with Crippen LogP contribution >= 0.6 is 0 Å². The lowest BCUT2D eigenvalue weighted by Gasteiger charge is -1.71. The summed E-state index contributed by atoms with van der Waals surface area (Å²) >= 11 is 0. The molecule has 3 N–H and O–H groups in total. The van der Waals surface area contributed by atoms with E-state index in [1.54, 1.807) is 6.92 Å². The van der Waals surface area contributed by atoms with Gasteiger partial charge in [-0.2, -0.15) is 0 Å². The van der Waals surface area contributed by atoms with E-state index in [0.29, 0.717) is 6.42 Å². The fraction of sp³-hybridized carbons (Fsp3) is 0.800. The van der Waals surface area contributed by atoms with Crippen LogP contribution in [0.25, 0.3) is 0 Å². The predicted molar refractivity (Wildman–Crippen MR) is 32.7 cm³/mol. The average Bonchev–Trinajstić information content (AvgIpc) is 1.73. The van der Waals surface area contributed by atoms with Gasteiger partial charge in [-0.1, -0.05) is 6.92 Å². The van der Waals surface area contributed by atoms with Crippen molar-refractivity contribution in [1.82, 2.24) is 0 Å². The normalized spacial score (nSPS) is 5.50. The number of Topliss-reactive ketones (excluding diaryl/α,β-unsaturated/α-hetero) is 1. The lowest BCUT2D eigenvalue weighted by atomic mass is 10.4. The Balaban J connectivity index is -0.0000000750. The Morgan fingerprint density at radius 2 is 1.62 bits per heavy atom. The number of carbonyl (C=O) groups is 1. The van der Waals surface area contributed by atoms with Crippen molar-refractivity contribution in [2.75, 3.05) is 7.11 Å². The molecule has 0 heterocycles. The molecule has 0 atom stereocenters. The summed E-state index contributed by atoms with van der Waals surface area (Å²) in [5, 5.41) is 7.00. The molecular weight excluding hydrogens is 108 g/mol. The summed E-state index contributed by atoms with van der Waals surface area (Å²) in [6.07, 6.45) is 0.667. The zero-order chi connectivity index (χ0) is 6.28. The van der Waals surface area contributed by atoms with Crippen LogP contribution in [-0.2, 0) is 4.79 Å². The van der Waals surface area contributed by atoms with Gasteiger partial charge in [0.25, 0.3) is 0 Å². The summed E-state index contributed by atoms with van der Waals surface area (Å²) in [5.74, 6) is 0.255. The topological polar surface area (TPSA) is 68.8 Å². The maximum Gasteiger partial charge on any atom is 0.129 e. The van der Waals surface area contributed by atoms with Crippen molar-refractivity contribution in [1.29, 1.82) is 0 Å². The number of carbonyl (C=O) groups excluding carboxylic acids is 1. The van der Waals surface area contributed by atoms with Gasteiger partial charge in [0.1, 0.15) is 5.78 Å². The molecule has 0 saturated heterocycles. The Bertz CT molecular complexity index is 42.9. The highest BCUT2D eigenvalue weighted by Crippen LogP contribution is 1.71. The first-order chi connectivity index (χ1) is 3.27. The molecule has 0 unspecified atom stereocenters. The second kappa shape index (κ2) is 16.0. The van der Waals surface area contributed by atoms with Crippen molar-refractivity contribution < 1.29 is 15.4 Å². The van der Waals surface area contributed by atoms with Crippen LogP contribution in [0.3, 0.4) is 0 Å². The number of rotatable bonds is 1. The number of ketones is 1.